The van der Waals surface area contributed by atoms with Crippen molar-refractivity contribution in [2.45, 2.75) is 11.8 Å². The lowest BCUT2D eigenvalue weighted by atomic mass is 10.1. The Hall–Kier alpha value is -1.55. The molecule has 0 atom stereocenters. The lowest BCUT2D eigenvalue weighted by molar-refractivity contribution is 1.02. The molecule has 88 valence electrons. The Kier molecular flexibility index (Phi) is 3.98. The molecule has 0 amide bonds. The topological polar surface area (TPSA) is 37.8 Å². The Morgan fingerprint density at radius 2 is 1.82 bits per heavy atom. The van der Waals surface area contributed by atoms with Gasteiger partial charge in [-0.15, -0.1) is 22.0 Å². The first-order valence-electron chi connectivity index (χ1n) is 5.55. The van der Waals surface area contributed by atoms with Crippen molar-refractivity contribution in [1.29, 1.82) is 0 Å². The van der Waals surface area contributed by atoms with Crippen LogP contribution in [0.3, 0.4) is 0 Å². The van der Waals surface area contributed by atoms with Gasteiger partial charge in [-0.3, -0.25) is 0 Å². The molecule has 3 nitrogen and oxygen atoms in total. The Balaban J connectivity index is 2.20. The maximum absolute atomic E-state index is 4.20. The Morgan fingerprint density at radius 1 is 1.06 bits per heavy atom. The molecule has 1 heterocycles. The fourth-order valence-electron chi connectivity index (χ4n) is 1.52. The molecule has 0 spiro atoms. The average Bonchev–Trinajstić information content (AvgIpc) is 2.40. The van der Waals surface area contributed by atoms with Gasteiger partial charge < -0.3 is 5.32 Å². The highest BCUT2D eigenvalue weighted by Gasteiger charge is 2.00. The van der Waals surface area contributed by atoms with E-state index in [0.717, 1.165) is 23.6 Å². The molecular formula is C13H15N3S. The number of rotatable bonds is 4. The van der Waals surface area contributed by atoms with Crippen LogP contribution < -0.4 is 5.32 Å². The summed E-state index contributed by atoms with van der Waals surface area (Å²) in [5.41, 5.74) is 2.00. The average molecular weight is 245 g/mol. The molecule has 0 unspecified atom stereocenters. The van der Waals surface area contributed by atoms with Gasteiger partial charge >= 0.3 is 0 Å². The van der Waals surface area contributed by atoms with Crippen molar-refractivity contribution in [3.63, 3.8) is 0 Å². The lowest BCUT2D eigenvalue weighted by Crippen LogP contribution is -2.00. The largest absolute Gasteiger partial charge is 0.369 e. The number of aromatic nitrogens is 2. The molecule has 1 aromatic carbocycles. The summed E-state index contributed by atoms with van der Waals surface area (Å²) in [6.45, 7) is 2.90. The van der Waals surface area contributed by atoms with Gasteiger partial charge in [0, 0.05) is 17.0 Å². The summed E-state index contributed by atoms with van der Waals surface area (Å²) in [7, 11) is 0. The van der Waals surface area contributed by atoms with E-state index in [2.05, 4.69) is 46.0 Å². The molecule has 0 aliphatic carbocycles. The monoisotopic (exact) mass is 245 g/mol. The SMILES string of the molecule is CCNc1ccc(-c2ccc(SC)cc2)nn1. The number of thioether (sulfide) groups is 1. The van der Waals surface area contributed by atoms with Gasteiger partial charge in [0.2, 0.25) is 0 Å². The second-order valence-electron chi connectivity index (χ2n) is 3.56. The molecule has 2 aromatic rings. The number of nitrogens with one attached hydrogen (secondary N) is 1. The molecule has 17 heavy (non-hydrogen) atoms. The van der Waals surface area contributed by atoms with E-state index in [0.29, 0.717) is 0 Å². The first-order valence-corrected chi connectivity index (χ1v) is 6.78. The van der Waals surface area contributed by atoms with Crippen LogP contribution in [-0.2, 0) is 0 Å². The first-order chi connectivity index (χ1) is 8.33. The summed E-state index contributed by atoms with van der Waals surface area (Å²) in [6.07, 6.45) is 2.07. The Morgan fingerprint density at radius 3 is 2.35 bits per heavy atom. The highest BCUT2D eigenvalue weighted by molar-refractivity contribution is 7.98. The predicted molar refractivity (Wildman–Crippen MR) is 73.4 cm³/mol. The maximum Gasteiger partial charge on any atom is 0.148 e. The molecule has 0 bridgehead atoms. The van der Waals surface area contributed by atoms with Crippen molar-refractivity contribution in [3.8, 4) is 11.3 Å². The zero-order valence-corrected chi connectivity index (χ0v) is 10.8. The number of hydrogen-bond acceptors (Lipinski definition) is 4. The van der Waals surface area contributed by atoms with Crippen LogP contribution in [0, 0.1) is 0 Å². The van der Waals surface area contributed by atoms with Crippen LogP contribution in [0.25, 0.3) is 11.3 Å². The van der Waals surface area contributed by atoms with E-state index in [1.54, 1.807) is 11.8 Å². The summed E-state index contributed by atoms with van der Waals surface area (Å²) in [5, 5.41) is 11.5. The van der Waals surface area contributed by atoms with Crippen molar-refractivity contribution in [2.75, 3.05) is 18.1 Å². The van der Waals surface area contributed by atoms with E-state index in [1.165, 1.54) is 4.90 Å². The number of benzene rings is 1. The van der Waals surface area contributed by atoms with Crippen LogP contribution in [0.5, 0.6) is 0 Å². The molecular weight excluding hydrogens is 230 g/mol. The Bertz CT molecular complexity index is 465. The summed E-state index contributed by atoms with van der Waals surface area (Å²) < 4.78 is 0. The molecule has 4 heteroatoms. The van der Waals surface area contributed by atoms with Gasteiger partial charge in [-0.05, 0) is 37.4 Å². The van der Waals surface area contributed by atoms with E-state index in [9.17, 15) is 0 Å². The molecule has 0 aliphatic heterocycles. The Labute approximate surface area is 106 Å². The minimum absolute atomic E-state index is 0.817. The maximum atomic E-state index is 4.20. The van der Waals surface area contributed by atoms with Gasteiger partial charge in [0.25, 0.3) is 0 Å². The van der Waals surface area contributed by atoms with Gasteiger partial charge in [-0.25, -0.2) is 0 Å². The molecule has 1 aromatic heterocycles. The van der Waals surface area contributed by atoms with E-state index in [4.69, 9.17) is 0 Å². The zero-order chi connectivity index (χ0) is 12.1. The third-order valence-electron chi connectivity index (χ3n) is 2.41. The van der Waals surface area contributed by atoms with Crippen molar-refractivity contribution in [1.82, 2.24) is 10.2 Å². The summed E-state index contributed by atoms with van der Waals surface area (Å²) in [6, 6.07) is 12.3. The van der Waals surface area contributed by atoms with Crippen molar-refractivity contribution in [3.05, 3.63) is 36.4 Å². The summed E-state index contributed by atoms with van der Waals surface area (Å²) in [4.78, 5) is 1.26. The lowest BCUT2D eigenvalue weighted by Gasteiger charge is -2.03. The van der Waals surface area contributed by atoms with E-state index < -0.39 is 0 Å². The second-order valence-corrected chi connectivity index (χ2v) is 4.44. The molecule has 0 aliphatic rings. The number of anilines is 1. The van der Waals surface area contributed by atoms with Crippen LogP contribution in [0.15, 0.2) is 41.3 Å². The minimum atomic E-state index is 0.817. The predicted octanol–water partition coefficient (Wildman–Crippen LogP) is 3.30. The molecule has 0 saturated carbocycles. The van der Waals surface area contributed by atoms with Gasteiger partial charge in [0.15, 0.2) is 0 Å². The number of hydrogen-bond donors (Lipinski definition) is 1. The first kappa shape index (κ1) is 11.9. The quantitative estimate of drug-likeness (QED) is 0.839. The molecule has 2 rings (SSSR count). The second kappa shape index (κ2) is 5.68. The van der Waals surface area contributed by atoms with Crippen molar-refractivity contribution in [2.24, 2.45) is 0 Å². The third kappa shape index (κ3) is 2.97. The highest BCUT2D eigenvalue weighted by Crippen LogP contribution is 2.21. The standard InChI is InChI=1S/C13H15N3S/c1-3-14-13-9-8-12(15-16-13)10-4-6-11(17-2)7-5-10/h4-9H,3H2,1-2H3,(H,14,16). The zero-order valence-electron chi connectivity index (χ0n) is 9.97. The van der Waals surface area contributed by atoms with E-state index >= 15 is 0 Å². The van der Waals surface area contributed by atoms with Crippen LogP contribution >= 0.6 is 11.8 Å². The van der Waals surface area contributed by atoms with Crippen LogP contribution in [0.2, 0.25) is 0 Å². The van der Waals surface area contributed by atoms with Gasteiger partial charge in [-0.2, -0.15) is 0 Å². The minimum Gasteiger partial charge on any atom is -0.369 e. The molecule has 0 radical (unpaired) electrons. The molecule has 1 N–H and O–H groups in total. The van der Waals surface area contributed by atoms with Gasteiger partial charge in [0.1, 0.15) is 5.82 Å². The van der Waals surface area contributed by atoms with E-state index in [-0.39, 0.29) is 0 Å². The summed E-state index contributed by atoms with van der Waals surface area (Å²) in [5.74, 6) is 0.817. The fourth-order valence-corrected chi connectivity index (χ4v) is 1.93. The third-order valence-corrected chi connectivity index (χ3v) is 3.15. The van der Waals surface area contributed by atoms with Crippen LogP contribution in [0.1, 0.15) is 6.92 Å². The number of nitrogens with zero attached hydrogens (tertiary/aromatic N) is 2. The molecule has 0 fully saturated rings. The van der Waals surface area contributed by atoms with Crippen molar-refractivity contribution < 1.29 is 0 Å². The normalized spacial score (nSPS) is 10.2. The van der Waals surface area contributed by atoms with Crippen LogP contribution in [-0.4, -0.2) is 23.0 Å². The van der Waals surface area contributed by atoms with Crippen molar-refractivity contribution >= 4 is 17.6 Å². The smallest absolute Gasteiger partial charge is 0.148 e. The molecule has 0 saturated heterocycles. The fraction of sp³-hybridized carbons (Fsp3) is 0.231. The van der Waals surface area contributed by atoms with Gasteiger partial charge in [0.05, 0.1) is 5.69 Å². The van der Waals surface area contributed by atoms with Gasteiger partial charge in [-0.1, -0.05) is 12.1 Å². The van der Waals surface area contributed by atoms with E-state index in [1.807, 2.05) is 19.1 Å². The summed E-state index contributed by atoms with van der Waals surface area (Å²) >= 11 is 1.74. The van der Waals surface area contributed by atoms with Crippen LogP contribution in [0.4, 0.5) is 5.82 Å². The highest BCUT2D eigenvalue weighted by atomic mass is 32.2.